The normalized spacial score (nSPS) is 18.9. The Hall–Kier alpha value is -1.10. The Labute approximate surface area is 124 Å². The molecular weight excluding hydrogens is 276 g/mol. The van der Waals surface area contributed by atoms with Gasteiger partial charge in [-0.2, -0.15) is 0 Å². The Bertz CT molecular complexity index is 459. The number of benzene rings is 1. The lowest BCUT2D eigenvalue weighted by molar-refractivity contribution is -0.144. The van der Waals surface area contributed by atoms with Crippen LogP contribution in [0.2, 0.25) is 5.02 Å². The summed E-state index contributed by atoms with van der Waals surface area (Å²) in [7, 11) is 0. The molecule has 0 aromatic heterocycles. The first-order valence-electron chi connectivity index (χ1n) is 7.06. The van der Waals surface area contributed by atoms with Crippen molar-refractivity contribution in [3.8, 4) is 0 Å². The number of piperazine rings is 1. The lowest BCUT2D eigenvalue weighted by atomic mass is 10.0. The van der Waals surface area contributed by atoms with Gasteiger partial charge in [0.15, 0.2) is 0 Å². The van der Waals surface area contributed by atoms with Gasteiger partial charge in [-0.05, 0) is 30.7 Å². The Kier molecular flexibility index (Phi) is 5.40. The average molecular weight is 297 g/mol. The molecular formula is C15H21ClN2O2. The molecule has 1 aliphatic rings. The molecule has 110 valence electrons. The molecule has 0 amide bonds. The summed E-state index contributed by atoms with van der Waals surface area (Å²) in [6.07, 6.45) is 1.14. The number of carbonyl (C=O) groups is 1. The highest BCUT2D eigenvalue weighted by molar-refractivity contribution is 6.30. The Morgan fingerprint density at radius 3 is 2.60 bits per heavy atom. The van der Waals surface area contributed by atoms with Gasteiger partial charge in [-0.1, -0.05) is 30.7 Å². The quantitative estimate of drug-likeness (QED) is 0.907. The second-order valence-corrected chi connectivity index (χ2v) is 5.61. The van der Waals surface area contributed by atoms with Crippen LogP contribution in [0.25, 0.3) is 0 Å². The van der Waals surface area contributed by atoms with Crippen LogP contribution >= 0.6 is 11.6 Å². The van der Waals surface area contributed by atoms with Crippen molar-refractivity contribution in [3.05, 3.63) is 34.9 Å². The zero-order valence-electron chi connectivity index (χ0n) is 11.8. The van der Waals surface area contributed by atoms with E-state index < -0.39 is 12.0 Å². The van der Waals surface area contributed by atoms with Crippen LogP contribution in [-0.4, -0.2) is 53.6 Å². The highest BCUT2D eigenvalue weighted by Crippen LogP contribution is 2.25. The summed E-state index contributed by atoms with van der Waals surface area (Å²) in [6, 6.07) is 6.56. The van der Waals surface area contributed by atoms with Crippen molar-refractivity contribution in [2.45, 2.75) is 19.4 Å². The van der Waals surface area contributed by atoms with Gasteiger partial charge in [0.2, 0.25) is 0 Å². The number of hydrogen-bond donors (Lipinski definition) is 1. The highest BCUT2D eigenvalue weighted by atomic mass is 35.5. The molecule has 1 heterocycles. The van der Waals surface area contributed by atoms with E-state index in [2.05, 4.69) is 11.8 Å². The molecule has 1 aromatic rings. The molecule has 5 heteroatoms. The fourth-order valence-electron chi connectivity index (χ4n) is 2.75. The van der Waals surface area contributed by atoms with Crippen molar-refractivity contribution in [2.75, 3.05) is 32.7 Å². The minimum atomic E-state index is -0.809. The number of carboxylic acid groups (broad SMARTS) is 1. The molecule has 0 aliphatic carbocycles. The third-order valence-electron chi connectivity index (χ3n) is 3.71. The Morgan fingerprint density at radius 1 is 1.35 bits per heavy atom. The fourth-order valence-corrected chi connectivity index (χ4v) is 2.95. The van der Waals surface area contributed by atoms with Crippen LogP contribution in [0.1, 0.15) is 24.9 Å². The standard InChI is InChI=1S/C15H21ClN2O2/c1-2-6-17-7-9-18(10-8-17)14(15(19)20)12-4-3-5-13(16)11-12/h3-5,11,14H,2,6-10H2,1H3,(H,19,20). The summed E-state index contributed by atoms with van der Waals surface area (Å²) >= 11 is 5.98. The largest absolute Gasteiger partial charge is 0.480 e. The topological polar surface area (TPSA) is 43.8 Å². The maximum Gasteiger partial charge on any atom is 0.325 e. The van der Waals surface area contributed by atoms with Crippen LogP contribution < -0.4 is 0 Å². The third kappa shape index (κ3) is 3.72. The lowest BCUT2D eigenvalue weighted by Crippen LogP contribution is -2.49. The third-order valence-corrected chi connectivity index (χ3v) is 3.95. The molecule has 1 fully saturated rings. The highest BCUT2D eigenvalue weighted by Gasteiger charge is 2.30. The van der Waals surface area contributed by atoms with Crippen molar-refractivity contribution >= 4 is 17.6 Å². The summed E-state index contributed by atoms with van der Waals surface area (Å²) in [6.45, 7) is 6.67. The van der Waals surface area contributed by atoms with E-state index in [0.717, 1.165) is 44.7 Å². The first kappa shape index (κ1) is 15.3. The molecule has 0 bridgehead atoms. The molecule has 1 aliphatic heterocycles. The number of rotatable bonds is 5. The maximum absolute atomic E-state index is 11.6. The van der Waals surface area contributed by atoms with Crippen LogP contribution in [0.3, 0.4) is 0 Å². The molecule has 0 saturated carbocycles. The van der Waals surface area contributed by atoms with Gasteiger partial charge in [-0.15, -0.1) is 0 Å². The van der Waals surface area contributed by atoms with Crippen molar-refractivity contribution in [1.82, 2.24) is 9.80 Å². The molecule has 2 rings (SSSR count). The summed E-state index contributed by atoms with van der Waals surface area (Å²) in [5.74, 6) is -0.809. The van der Waals surface area contributed by atoms with E-state index in [9.17, 15) is 9.90 Å². The minimum Gasteiger partial charge on any atom is -0.480 e. The number of nitrogens with zero attached hydrogens (tertiary/aromatic N) is 2. The smallest absolute Gasteiger partial charge is 0.325 e. The van der Waals surface area contributed by atoms with E-state index in [0.29, 0.717) is 5.02 Å². The molecule has 0 spiro atoms. The number of carboxylic acids is 1. The number of aliphatic carboxylic acids is 1. The summed E-state index contributed by atoms with van der Waals surface area (Å²) in [4.78, 5) is 16.0. The van der Waals surface area contributed by atoms with Crippen molar-refractivity contribution in [2.24, 2.45) is 0 Å². The van der Waals surface area contributed by atoms with Crippen LogP contribution in [0, 0.1) is 0 Å². The van der Waals surface area contributed by atoms with Crippen LogP contribution in [0.15, 0.2) is 24.3 Å². The predicted molar refractivity (Wildman–Crippen MR) is 80.1 cm³/mol. The van der Waals surface area contributed by atoms with Gasteiger partial charge < -0.3 is 10.0 Å². The number of hydrogen-bond acceptors (Lipinski definition) is 3. The van der Waals surface area contributed by atoms with Gasteiger partial charge in [0.1, 0.15) is 6.04 Å². The fraction of sp³-hybridized carbons (Fsp3) is 0.533. The SMILES string of the molecule is CCCN1CCN(C(C(=O)O)c2cccc(Cl)c2)CC1. The van der Waals surface area contributed by atoms with Gasteiger partial charge in [-0.25, -0.2) is 0 Å². The van der Waals surface area contributed by atoms with Crippen molar-refractivity contribution < 1.29 is 9.90 Å². The second-order valence-electron chi connectivity index (χ2n) is 5.17. The van der Waals surface area contributed by atoms with Gasteiger partial charge in [0.05, 0.1) is 0 Å². The van der Waals surface area contributed by atoms with Crippen molar-refractivity contribution in [1.29, 1.82) is 0 Å². The lowest BCUT2D eigenvalue weighted by Gasteiger charge is -2.37. The van der Waals surface area contributed by atoms with E-state index in [4.69, 9.17) is 11.6 Å². The van der Waals surface area contributed by atoms with Gasteiger partial charge >= 0.3 is 5.97 Å². The van der Waals surface area contributed by atoms with Crippen LogP contribution in [-0.2, 0) is 4.79 Å². The Balaban J connectivity index is 2.09. The summed E-state index contributed by atoms with van der Waals surface area (Å²) in [5, 5.41) is 10.1. The molecule has 4 nitrogen and oxygen atoms in total. The van der Waals surface area contributed by atoms with Crippen molar-refractivity contribution in [3.63, 3.8) is 0 Å². The summed E-state index contributed by atoms with van der Waals surface area (Å²) < 4.78 is 0. The molecule has 1 N–H and O–H groups in total. The zero-order chi connectivity index (χ0) is 14.5. The van der Waals surface area contributed by atoms with E-state index in [-0.39, 0.29) is 0 Å². The van der Waals surface area contributed by atoms with Gasteiger partial charge in [0, 0.05) is 31.2 Å². The van der Waals surface area contributed by atoms with Gasteiger partial charge in [0.25, 0.3) is 0 Å². The molecule has 20 heavy (non-hydrogen) atoms. The second kappa shape index (κ2) is 7.07. The molecule has 1 aromatic carbocycles. The molecule has 1 unspecified atom stereocenters. The minimum absolute atomic E-state index is 0.582. The number of halogens is 1. The average Bonchev–Trinajstić information content (AvgIpc) is 2.41. The summed E-state index contributed by atoms with van der Waals surface area (Å²) in [5.41, 5.74) is 0.758. The van der Waals surface area contributed by atoms with E-state index in [1.165, 1.54) is 0 Å². The zero-order valence-corrected chi connectivity index (χ0v) is 12.5. The monoisotopic (exact) mass is 296 g/mol. The van der Waals surface area contributed by atoms with E-state index in [1.54, 1.807) is 18.2 Å². The molecule has 1 atom stereocenters. The molecule has 0 radical (unpaired) electrons. The first-order valence-corrected chi connectivity index (χ1v) is 7.44. The van der Waals surface area contributed by atoms with Gasteiger partial charge in [-0.3, -0.25) is 9.69 Å². The first-order chi connectivity index (χ1) is 9.61. The maximum atomic E-state index is 11.6. The van der Waals surface area contributed by atoms with E-state index in [1.807, 2.05) is 11.0 Å². The predicted octanol–water partition coefficient (Wildman–Crippen LogP) is 2.49. The Morgan fingerprint density at radius 2 is 2.05 bits per heavy atom. The van der Waals surface area contributed by atoms with E-state index >= 15 is 0 Å². The van der Waals surface area contributed by atoms with Crippen LogP contribution in [0.5, 0.6) is 0 Å². The molecule has 1 saturated heterocycles. The van der Waals surface area contributed by atoms with Crippen LogP contribution in [0.4, 0.5) is 0 Å².